The molecule has 0 aliphatic carbocycles. The molecule has 5 heteroatoms. The third-order valence-corrected chi connectivity index (χ3v) is 7.18. The Bertz CT molecular complexity index is 797. The van der Waals surface area contributed by atoms with E-state index < -0.39 is 20.7 Å². The fourth-order valence-electron chi connectivity index (χ4n) is 2.47. The van der Waals surface area contributed by atoms with E-state index in [1.807, 2.05) is 17.7 Å². The zero-order chi connectivity index (χ0) is 18.3. The number of nitrogens with zero attached hydrogens (tertiary/aromatic N) is 1. The molecular weight excluding hydrogens is 338 g/mol. The van der Waals surface area contributed by atoms with Crippen LogP contribution in [0.2, 0.25) is 0 Å². The van der Waals surface area contributed by atoms with Crippen LogP contribution in [0, 0.1) is 17.8 Å². The van der Waals surface area contributed by atoms with E-state index in [9.17, 15) is 8.42 Å². The first-order chi connectivity index (χ1) is 10.8. The lowest BCUT2D eigenvalue weighted by Gasteiger charge is -2.30. The zero-order valence-electron chi connectivity index (χ0n) is 15.5. The van der Waals surface area contributed by atoms with Crippen molar-refractivity contribution in [3.63, 3.8) is 0 Å². The van der Waals surface area contributed by atoms with Gasteiger partial charge < -0.3 is 0 Å². The van der Waals surface area contributed by atoms with Gasteiger partial charge in [-0.3, -0.25) is 0 Å². The van der Waals surface area contributed by atoms with E-state index in [1.54, 1.807) is 24.3 Å². The van der Waals surface area contributed by atoms with E-state index in [-0.39, 0.29) is 15.7 Å². The first kappa shape index (κ1) is 19.1. The summed E-state index contributed by atoms with van der Waals surface area (Å²) in [5, 5.41) is 4.04. The van der Waals surface area contributed by atoms with Crippen molar-refractivity contribution in [3.8, 4) is 0 Å². The monoisotopic (exact) mass is 365 g/mol. The second kappa shape index (κ2) is 6.26. The maximum Gasteiger partial charge on any atom is 0.288 e. The number of rotatable bonds is 2. The van der Waals surface area contributed by atoms with Crippen LogP contribution < -0.4 is 0 Å². The van der Waals surface area contributed by atoms with E-state index in [1.165, 1.54) is 11.1 Å². The summed E-state index contributed by atoms with van der Waals surface area (Å²) in [6.07, 6.45) is 0. The average molecular weight is 366 g/mol. The molecule has 0 spiro atoms. The smallest absolute Gasteiger partial charge is 0.199 e. The molecule has 0 fully saturated rings. The number of aryl methyl sites for hydroxylation is 1. The lowest BCUT2D eigenvalue weighted by atomic mass is 9.74. The molecule has 1 aliphatic rings. The first-order valence-electron chi connectivity index (χ1n) is 8.02. The highest BCUT2D eigenvalue weighted by atomic mass is 32.3. The van der Waals surface area contributed by atoms with Crippen LogP contribution in [0.1, 0.15) is 47.1 Å². The standard InChI is InChI=1S/C19H27NO2S2/c1-14-8-10-15(11-9-14)24(21,22)20-23-12-16(18(2,3)4)17(13-23)19(5,6)7/h8-13H,1-7H3. The Morgan fingerprint density at radius 2 is 1.25 bits per heavy atom. The van der Waals surface area contributed by atoms with Crippen LogP contribution in [0.3, 0.4) is 0 Å². The minimum atomic E-state index is -3.65. The summed E-state index contributed by atoms with van der Waals surface area (Å²) >= 11 is 0. The summed E-state index contributed by atoms with van der Waals surface area (Å²) in [7, 11) is -4.39. The summed E-state index contributed by atoms with van der Waals surface area (Å²) in [4.78, 5) is 0.254. The van der Waals surface area contributed by atoms with Crippen molar-refractivity contribution in [2.24, 2.45) is 14.6 Å². The maximum absolute atomic E-state index is 12.6. The van der Waals surface area contributed by atoms with Crippen LogP contribution in [0.25, 0.3) is 0 Å². The van der Waals surface area contributed by atoms with Crippen LogP contribution in [-0.4, -0.2) is 8.42 Å². The third-order valence-electron chi connectivity index (χ3n) is 3.89. The highest BCUT2D eigenvalue weighted by molar-refractivity contribution is 8.03. The number of sulfonamides is 1. The second-order valence-corrected chi connectivity index (χ2v) is 11.5. The molecule has 0 amide bonds. The predicted molar refractivity (Wildman–Crippen MR) is 103 cm³/mol. The molecule has 0 N–H and O–H groups in total. The summed E-state index contributed by atoms with van der Waals surface area (Å²) in [6, 6.07) is 6.84. The van der Waals surface area contributed by atoms with Crippen molar-refractivity contribution in [2.45, 2.75) is 53.4 Å². The quantitative estimate of drug-likeness (QED) is 0.708. The minimum absolute atomic E-state index is 0.0377. The van der Waals surface area contributed by atoms with Crippen LogP contribution in [0.15, 0.2) is 54.9 Å². The SMILES string of the molecule is Cc1ccc(S(=O)(=O)N=S2C=C(C(C)(C)C)C(C(C)(C)C)=C2)cc1. The van der Waals surface area contributed by atoms with E-state index in [0.29, 0.717) is 0 Å². The molecule has 1 aromatic carbocycles. The molecule has 3 nitrogen and oxygen atoms in total. The highest BCUT2D eigenvalue weighted by Crippen LogP contribution is 2.44. The van der Waals surface area contributed by atoms with Crippen molar-refractivity contribution in [1.82, 2.24) is 0 Å². The van der Waals surface area contributed by atoms with E-state index in [4.69, 9.17) is 0 Å². The number of benzene rings is 1. The Morgan fingerprint density at radius 1 is 0.833 bits per heavy atom. The van der Waals surface area contributed by atoms with Gasteiger partial charge in [0.05, 0.1) is 4.90 Å². The van der Waals surface area contributed by atoms with Crippen molar-refractivity contribution in [3.05, 3.63) is 51.8 Å². The largest absolute Gasteiger partial charge is 0.288 e. The Kier molecular flexibility index (Phi) is 4.99. The highest BCUT2D eigenvalue weighted by Gasteiger charge is 2.32. The van der Waals surface area contributed by atoms with Crippen molar-refractivity contribution in [2.75, 3.05) is 0 Å². The molecule has 132 valence electrons. The molecular formula is C19H27NO2S2. The lowest BCUT2D eigenvalue weighted by molar-refractivity contribution is 0.449. The number of hydrogen-bond donors (Lipinski definition) is 0. The molecule has 1 aromatic rings. The molecule has 0 radical (unpaired) electrons. The minimum Gasteiger partial charge on any atom is -0.199 e. The van der Waals surface area contributed by atoms with Crippen LogP contribution >= 0.6 is 0 Å². The summed E-state index contributed by atoms with van der Waals surface area (Å²) in [5.74, 6) is 0. The fraction of sp³-hybridized carbons (Fsp3) is 0.474. The van der Waals surface area contributed by atoms with Gasteiger partial charge in [-0.1, -0.05) is 59.2 Å². The molecule has 0 saturated carbocycles. The summed E-state index contributed by atoms with van der Waals surface area (Å²) in [6.45, 7) is 14.8. The first-order valence-corrected chi connectivity index (χ1v) is 10.8. The number of allylic oxidation sites excluding steroid dienone is 2. The van der Waals surface area contributed by atoms with Crippen molar-refractivity contribution in [1.29, 1.82) is 0 Å². The molecule has 0 saturated heterocycles. The van der Waals surface area contributed by atoms with Crippen LogP contribution in [0.4, 0.5) is 0 Å². The summed E-state index contributed by atoms with van der Waals surface area (Å²) < 4.78 is 29.4. The molecule has 2 rings (SSSR count). The van der Waals surface area contributed by atoms with Gasteiger partial charge in [0.1, 0.15) is 0 Å². The van der Waals surface area contributed by atoms with E-state index in [0.717, 1.165) is 5.56 Å². The van der Waals surface area contributed by atoms with Gasteiger partial charge in [-0.25, -0.2) is 0 Å². The zero-order valence-corrected chi connectivity index (χ0v) is 17.2. The second-order valence-electron chi connectivity index (χ2n) is 8.27. The molecule has 1 aliphatic heterocycles. The molecule has 0 atom stereocenters. The van der Waals surface area contributed by atoms with Crippen molar-refractivity contribution >= 4 is 20.7 Å². The van der Waals surface area contributed by atoms with Gasteiger partial charge in [-0.15, -0.1) is 3.77 Å². The summed E-state index contributed by atoms with van der Waals surface area (Å²) in [5.41, 5.74) is 3.35. The molecule has 1 heterocycles. The Hall–Kier alpha value is -1.20. The van der Waals surface area contributed by atoms with Gasteiger partial charge >= 0.3 is 0 Å². The predicted octanol–water partition coefficient (Wildman–Crippen LogP) is 5.36. The van der Waals surface area contributed by atoms with Gasteiger partial charge in [0.2, 0.25) is 0 Å². The Balaban J connectivity index is 2.52. The molecule has 0 unspecified atom stereocenters. The normalized spacial score (nSPS) is 16.8. The molecule has 24 heavy (non-hydrogen) atoms. The maximum atomic E-state index is 12.6. The average Bonchev–Trinajstić information content (AvgIpc) is 2.82. The van der Waals surface area contributed by atoms with E-state index >= 15 is 0 Å². The number of hydrogen-bond acceptors (Lipinski definition) is 2. The van der Waals surface area contributed by atoms with Gasteiger partial charge in [0, 0.05) is 0 Å². The fourth-order valence-corrected chi connectivity index (χ4v) is 6.06. The lowest BCUT2D eigenvalue weighted by Crippen LogP contribution is -2.18. The van der Waals surface area contributed by atoms with Gasteiger partial charge in [-0.05, 0) is 62.5 Å². The molecule has 0 bridgehead atoms. The van der Waals surface area contributed by atoms with Crippen LogP contribution in [-0.2, 0) is 20.7 Å². The van der Waals surface area contributed by atoms with Crippen molar-refractivity contribution < 1.29 is 8.42 Å². The van der Waals surface area contributed by atoms with Crippen LogP contribution in [0.5, 0.6) is 0 Å². The van der Waals surface area contributed by atoms with Gasteiger partial charge in [0.25, 0.3) is 10.0 Å². The third kappa shape index (κ3) is 4.25. The van der Waals surface area contributed by atoms with Gasteiger partial charge in [-0.2, -0.15) is 8.42 Å². The molecule has 0 aromatic heterocycles. The topological polar surface area (TPSA) is 46.5 Å². The Labute approximate surface area is 149 Å². The van der Waals surface area contributed by atoms with E-state index in [2.05, 4.69) is 45.3 Å². The van der Waals surface area contributed by atoms with Gasteiger partial charge in [0.15, 0.2) is 0 Å². The Morgan fingerprint density at radius 3 is 1.62 bits per heavy atom.